The van der Waals surface area contributed by atoms with E-state index in [1.807, 2.05) is 0 Å². The number of nitrogens with zero attached hydrogens (tertiary/aromatic N) is 1. The van der Waals surface area contributed by atoms with E-state index >= 15 is 0 Å². The molecule has 1 saturated heterocycles. The molecule has 2 heterocycles. The highest BCUT2D eigenvalue weighted by molar-refractivity contribution is 6.01. The van der Waals surface area contributed by atoms with E-state index in [-0.39, 0.29) is 11.8 Å². The molecule has 1 aliphatic rings. The molecule has 0 bridgehead atoms. The number of carbonyl (C=O) groups is 2. The van der Waals surface area contributed by atoms with Crippen LogP contribution in [0.5, 0.6) is 0 Å². The molecular weight excluding hydrogens is 220 g/mol. The predicted octanol–water partition coefficient (Wildman–Crippen LogP) is -0.328. The number of piperidine rings is 1. The third-order valence-corrected chi connectivity index (χ3v) is 2.69. The summed E-state index contributed by atoms with van der Waals surface area (Å²) >= 11 is 0. The molecule has 1 atom stereocenters. The lowest BCUT2D eigenvalue weighted by Gasteiger charge is -2.22. The van der Waals surface area contributed by atoms with Crippen LogP contribution in [0.2, 0.25) is 0 Å². The zero-order valence-electron chi connectivity index (χ0n) is 9.27. The van der Waals surface area contributed by atoms with Gasteiger partial charge in [-0.15, -0.1) is 0 Å². The molecule has 2 rings (SSSR count). The van der Waals surface area contributed by atoms with Gasteiger partial charge in [0.15, 0.2) is 0 Å². The molecule has 1 unspecified atom stereocenters. The Kier molecular flexibility index (Phi) is 3.22. The van der Waals surface area contributed by atoms with E-state index in [1.54, 1.807) is 0 Å². The van der Waals surface area contributed by atoms with Gasteiger partial charge in [0.2, 0.25) is 5.91 Å². The summed E-state index contributed by atoms with van der Waals surface area (Å²) in [6, 6.07) is 1.06. The lowest BCUT2D eigenvalue weighted by atomic mass is 10.1. The number of nitrogen functional groups attached to an aromatic ring is 1. The average molecular weight is 234 g/mol. The van der Waals surface area contributed by atoms with Crippen molar-refractivity contribution >= 4 is 17.5 Å². The number of nitrogens with one attached hydrogen (secondary N) is 2. The van der Waals surface area contributed by atoms with Crippen molar-refractivity contribution in [2.45, 2.75) is 18.9 Å². The molecule has 0 aromatic carbocycles. The molecular formula is C11H14N4O2. The molecule has 0 radical (unpaired) electrons. The third kappa shape index (κ3) is 2.52. The fourth-order valence-electron chi connectivity index (χ4n) is 1.76. The lowest BCUT2D eigenvalue weighted by molar-refractivity contribution is -0.124. The van der Waals surface area contributed by atoms with Gasteiger partial charge in [0.1, 0.15) is 6.04 Å². The molecule has 1 aromatic rings. The van der Waals surface area contributed by atoms with Crippen LogP contribution < -0.4 is 16.4 Å². The minimum Gasteiger partial charge on any atom is -0.397 e. The Morgan fingerprint density at radius 3 is 3.12 bits per heavy atom. The van der Waals surface area contributed by atoms with Crippen molar-refractivity contribution in [1.82, 2.24) is 15.6 Å². The third-order valence-electron chi connectivity index (χ3n) is 2.69. The van der Waals surface area contributed by atoms with Gasteiger partial charge in [0.25, 0.3) is 5.91 Å². The van der Waals surface area contributed by atoms with Crippen molar-refractivity contribution in [3.05, 3.63) is 24.0 Å². The monoisotopic (exact) mass is 234 g/mol. The summed E-state index contributed by atoms with van der Waals surface area (Å²) in [5, 5.41) is 5.37. The lowest BCUT2D eigenvalue weighted by Crippen LogP contribution is -2.50. The van der Waals surface area contributed by atoms with Gasteiger partial charge in [-0.25, -0.2) is 0 Å². The average Bonchev–Trinajstić information content (AvgIpc) is 2.32. The van der Waals surface area contributed by atoms with Gasteiger partial charge >= 0.3 is 0 Å². The maximum absolute atomic E-state index is 11.9. The first kappa shape index (κ1) is 11.4. The molecule has 0 spiro atoms. The molecule has 1 aromatic heterocycles. The van der Waals surface area contributed by atoms with Crippen LogP contribution in [0, 0.1) is 0 Å². The highest BCUT2D eigenvalue weighted by atomic mass is 16.2. The van der Waals surface area contributed by atoms with E-state index < -0.39 is 6.04 Å². The zero-order chi connectivity index (χ0) is 12.3. The Morgan fingerprint density at radius 1 is 1.59 bits per heavy atom. The van der Waals surface area contributed by atoms with E-state index in [0.717, 1.165) is 6.42 Å². The Bertz CT molecular complexity index is 447. The highest BCUT2D eigenvalue weighted by Crippen LogP contribution is 2.10. The summed E-state index contributed by atoms with van der Waals surface area (Å²) in [5.41, 5.74) is 6.29. The second-order valence-corrected chi connectivity index (χ2v) is 3.92. The quantitative estimate of drug-likeness (QED) is 0.652. The standard InChI is InChI=1S/C11H14N4O2/c12-8-6-13-5-3-7(8)10(16)15-9-2-1-4-14-11(9)17/h3,5-6,9H,1-2,4,12H2,(H,14,17)(H,15,16). The first-order chi connectivity index (χ1) is 8.18. The van der Waals surface area contributed by atoms with Gasteiger partial charge in [-0.3, -0.25) is 14.6 Å². The van der Waals surface area contributed by atoms with Crippen LogP contribution in [0.15, 0.2) is 18.5 Å². The number of pyridine rings is 1. The van der Waals surface area contributed by atoms with E-state index in [2.05, 4.69) is 15.6 Å². The number of carbonyl (C=O) groups excluding carboxylic acids is 2. The number of amides is 2. The van der Waals surface area contributed by atoms with E-state index in [1.165, 1.54) is 18.5 Å². The minimum atomic E-state index is -0.469. The molecule has 6 heteroatoms. The Balaban J connectivity index is 2.06. The molecule has 4 N–H and O–H groups in total. The van der Waals surface area contributed by atoms with Crippen LogP contribution in [0.3, 0.4) is 0 Å². The number of rotatable bonds is 2. The van der Waals surface area contributed by atoms with Crippen LogP contribution in [-0.4, -0.2) is 29.4 Å². The number of aromatic nitrogens is 1. The summed E-state index contributed by atoms with van der Waals surface area (Å²) in [7, 11) is 0. The van der Waals surface area contributed by atoms with Gasteiger partial charge in [0, 0.05) is 12.7 Å². The fraction of sp³-hybridized carbons (Fsp3) is 0.364. The first-order valence-corrected chi connectivity index (χ1v) is 5.46. The van der Waals surface area contributed by atoms with Crippen molar-refractivity contribution in [3.8, 4) is 0 Å². The predicted molar refractivity (Wildman–Crippen MR) is 62.1 cm³/mol. The summed E-state index contributed by atoms with van der Waals surface area (Å²) in [6.45, 7) is 0.669. The van der Waals surface area contributed by atoms with E-state index in [4.69, 9.17) is 5.73 Å². The molecule has 0 aliphatic carbocycles. The zero-order valence-corrected chi connectivity index (χ0v) is 9.27. The van der Waals surface area contributed by atoms with Gasteiger partial charge in [-0.1, -0.05) is 0 Å². The molecule has 2 amide bonds. The molecule has 90 valence electrons. The topological polar surface area (TPSA) is 97.1 Å². The number of hydrogen-bond donors (Lipinski definition) is 3. The van der Waals surface area contributed by atoms with Gasteiger partial charge < -0.3 is 16.4 Å². The van der Waals surface area contributed by atoms with Crippen molar-refractivity contribution in [3.63, 3.8) is 0 Å². The van der Waals surface area contributed by atoms with E-state index in [9.17, 15) is 9.59 Å². The van der Waals surface area contributed by atoms with Crippen molar-refractivity contribution in [2.75, 3.05) is 12.3 Å². The van der Waals surface area contributed by atoms with Gasteiger partial charge in [-0.2, -0.15) is 0 Å². The van der Waals surface area contributed by atoms with Gasteiger partial charge in [-0.05, 0) is 18.9 Å². The van der Waals surface area contributed by atoms with Crippen LogP contribution in [0.1, 0.15) is 23.2 Å². The normalized spacial score (nSPS) is 19.5. The van der Waals surface area contributed by atoms with E-state index in [0.29, 0.717) is 24.2 Å². The second kappa shape index (κ2) is 4.82. The SMILES string of the molecule is Nc1cnccc1C(=O)NC1CCCNC1=O. The minimum absolute atomic E-state index is 0.141. The van der Waals surface area contributed by atoms with Crippen LogP contribution in [0.25, 0.3) is 0 Å². The smallest absolute Gasteiger partial charge is 0.254 e. The Morgan fingerprint density at radius 2 is 2.41 bits per heavy atom. The summed E-state index contributed by atoms with van der Waals surface area (Å²) in [4.78, 5) is 27.2. The van der Waals surface area contributed by atoms with Crippen LogP contribution in [-0.2, 0) is 4.79 Å². The summed E-state index contributed by atoms with van der Waals surface area (Å²) < 4.78 is 0. The summed E-state index contributed by atoms with van der Waals surface area (Å²) in [6.07, 6.45) is 4.42. The Labute approximate surface area is 98.6 Å². The molecule has 1 fully saturated rings. The summed E-state index contributed by atoms with van der Waals surface area (Å²) in [5.74, 6) is -0.482. The fourth-order valence-corrected chi connectivity index (χ4v) is 1.76. The number of hydrogen-bond acceptors (Lipinski definition) is 4. The molecule has 0 saturated carbocycles. The maximum atomic E-state index is 11.9. The maximum Gasteiger partial charge on any atom is 0.254 e. The van der Waals surface area contributed by atoms with Crippen molar-refractivity contribution in [2.24, 2.45) is 0 Å². The number of anilines is 1. The molecule has 1 aliphatic heterocycles. The van der Waals surface area contributed by atoms with Gasteiger partial charge in [0.05, 0.1) is 17.4 Å². The molecule has 6 nitrogen and oxygen atoms in total. The molecule has 17 heavy (non-hydrogen) atoms. The largest absolute Gasteiger partial charge is 0.397 e. The van der Waals surface area contributed by atoms with Crippen LogP contribution in [0.4, 0.5) is 5.69 Å². The first-order valence-electron chi connectivity index (χ1n) is 5.46. The highest BCUT2D eigenvalue weighted by Gasteiger charge is 2.24. The number of nitrogens with two attached hydrogens (primary N) is 1. The van der Waals surface area contributed by atoms with Crippen molar-refractivity contribution in [1.29, 1.82) is 0 Å². The second-order valence-electron chi connectivity index (χ2n) is 3.92. The van der Waals surface area contributed by atoms with Crippen LogP contribution >= 0.6 is 0 Å². The Hall–Kier alpha value is -2.11. The van der Waals surface area contributed by atoms with Crippen molar-refractivity contribution < 1.29 is 9.59 Å².